The van der Waals surface area contributed by atoms with Gasteiger partial charge < -0.3 is 4.74 Å². The number of rotatable bonds is 4. The third-order valence-corrected chi connectivity index (χ3v) is 10.3. The highest BCUT2D eigenvalue weighted by Gasteiger charge is 2.62. The van der Waals surface area contributed by atoms with Crippen molar-refractivity contribution in [2.45, 2.75) is 90.1 Å². The maximum absolute atomic E-state index is 13.4. The zero-order valence-corrected chi connectivity index (χ0v) is 17.4. The van der Waals surface area contributed by atoms with Crippen LogP contribution < -0.4 is 0 Å². The zero-order chi connectivity index (χ0) is 18.3. The Morgan fingerprint density at radius 2 is 1.59 bits per heavy atom. The Balaban J connectivity index is 1.19. The Morgan fingerprint density at radius 3 is 2.22 bits per heavy atom. The highest BCUT2D eigenvalue weighted by molar-refractivity contribution is 5.74. The molecular weight excluding hydrogens is 332 g/mol. The molecule has 0 aromatic carbocycles. The lowest BCUT2D eigenvalue weighted by molar-refractivity contribution is -0.193. The van der Waals surface area contributed by atoms with Gasteiger partial charge in [-0.25, -0.2) is 0 Å². The highest BCUT2D eigenvalue weighted by atomic mass is 16.6. The topological polar surface area (TPSA) is 26.3 Å². The van der Waals surface area contributed by atoms with Gasteiger partial charge in [0.15, 0.2) is 0 Å². The van der Waals surface area contributed by atoms with E-state index in [1.165, 1.54) is 64.2 Å². The monoisotopic (exact) mass is 370 g/mol. The van der Waals surface area contributed by atoms with E-state index in [1.54, 1.807) is 0 Å². The first-order chi connectivity index (χ1) is 13.0. The van der Waals surface area contributed by atoms with Gasteiger partial charge in [-0.2, -0.15) is 0 Å². The van der Waals surface area contributed by atoms with Crippen LogP contribution in [-0.2, 0) is 9.53 Å². The van der Waals surface area contributed by atoms with E-state index in [9.17, 15) is 4.79 Å². The summed E-state index contributed by atoms with van der Waals surface area (Å²) in [5, 5.41) is 0. The number of hydrogen-bond donors (Lipinski definition) is 0. The molecule has 0 N–H and O–H groups in total. The standard InChI is InChI=1S/C25H38O2/c1-3-4-18-5-14(2)22-19-9-20(23(18)22)21(10-19)24(26)27-25-11-15-6-16(12-25)8-17(7-15)13-25/h14-23H,3-13H2,1-2H3. The van der Waals surface area contributed by atoms with Gasteiger partial charge in [0, 0.05) is 0 Å². The van der Waals surface area contributed by atoms with Crippen molar-refractivity contribution in [2.75, 3.05) is 0 Å². The van der Waals surface area contributed by atoms with Gasteiger partial charge in [-0.1, -0.05) is 26.7 Å². The summed E-state index contributed by atoms with van der Waals surface area (Å²) in [7, 11) is 0. The Bertz CT molecular complexity index is 589. The second kappa shape index (κ2) is 5.99. The van der Waals surface area contributed by atoms with Gasteiger partial charge in [-0.3, -0.25) is 4.79 Å². The quantitative estimate of drug-likeness (QED) is 0.581. The molecule has 0 heterocycles. The fourth-order valence-corrected chi connectivity index (χ4v) is 10.1. The minimum atomic E-state index is -0.0428. The molecule has 7 aliphatic rings. The molecule has 7 fully saturated rings. The van der Waals surface area contributed by atoms with Gasteiger partial charge in [-0.05, 0) is 111 Å². The van der Waals surface area contributed by atoms with Gasteiger partial charge in [-0.15, -0.1) is 0 Å². The molecule has 7 saturated carbocycles. The molecule has 7 rings (SSSR count). The molecule has 0 aromatic heterocycles. The van der Waals surface area contributed by atoms with Crippen LogP contribution in [0.4, 0.5) is 0 Å². The maximum Gasteiger partial charge on any atom is 0.309 e. The van der Waals surface area contributed by atoms with Crippen LogP contribution in [0, 0.1) is 59.2 Å². The predicted molar refractivity (Wildman–Crippen MR) is 106 cm³/mol. The third-order valence-electron chi connectivity index (χ3n) is 10.3. The second-order valence-electron chi connectivity index (χ2n) is 11.9. The van der Waals surface area contributed by atoms with E-state index in [1.807, 2.05) is 0 Å². The van der Waals surface area contributed by atoms with Crippen molar-refractivity contribution in [2.24, 2.45) is 59.2 Å². The van der Waals surface area contributed by atoms with Gasteiger partial charge in [0.05, 0.1) is 5.92 Å². The van der Waals surface area contributed by atoms with E-state index in [2.05, 4.69) is 13.8 Å². The predicted octanol–water partition coefficient (Wildman–Crippen LogP) is 5.84. The summed E-state index contributed by atoms with van der Waals surface area (Å²) in [5.74, 6) is 8.08. The van der Waals surface area contributed by atoms with E-state index >= 15 is 0 Å². The largest absolute Gasteiger partial charge is 0.459 e. The van der Waals surface area contributed by atoms with Crippen molar-refractivity contribution in [3.05, 3.63) is 0 Å². The van der Waals surface area contributed by atoms with Gasteiger partial charge in [0.2, 0.25) is 0 Å². The average Bonchev–Trinajstić information content (AvgIpc) is 3.26. The molecule has 7 aliphatic carbocycles. The van der Waals surface area contributed by atoms with Crippen molar-refractivity contribution in [3.8, 4) is 0 Å². The minimum absolute atomic E-state index is 0.0428. The van der Waals surface area contributed by atoms with Crippen molar-refractivity contribution in [1.29, 1.82) is 0 Å². The summed E-state index contributed by atoms with van der Waals surface area (Å²) in [4.78, 5) is 13.4. The molecule has 2 heteroatoms. The summed E-state index contributed by atoms with van der Waals surface area (Å²) in [6.07, 6.45) is 14.4. The Kier molecular flexibility index (Phi) is 3.84. The molecule has 6 bridgehead atoms. The van der Waals surface area contributed by atoms with Gasteiger partial charge in [0.1, 0.15) is 5.60 Å². The van der Waals surface area contributed by atoms with Crippen LogP contribution in [0.1, 0.15) is 84.5 Å². The van der Waals surface area contributed by atoms with E-state index in [0.717, 1.165) is 53.8 Å². The van der Waals surface area contributed by atoms with Crippen LogP contribution in [0.15, 0.2) is 0 Å². The molecule has 0 aliphatic heterocycles. The van der Waals surface area contributed by atoms with Crippen molar-refractivity contribution in [1.82, 2.24) is 0 Å². The Labute approximate surface area is 165 Å². The van der Waals surface area contributed by atoms with Gasteiger partial charge in [0.25, 0.3) is 0 Å². The van der Waals surface area contributed by atoms with E-state index in [-0.39, 0.29) is 17.5 Å². The Morgan fingerprint density at radius 1 is 0.926 bits per heavy atom. The number of carbonyl (C=O) groups excluding carboxylic acids is 1. The van der Waals surface area contributed by atoms with Crippen molar-refractivity contribution >= 4 is 5.97 Å². The first kappa shape index (κ1) is 17.3. The lowest BCUT2D eigenvalue weighted by Crippen LogP contribution is -2.53. The molecule has 27 heavy (non-hydrogen) atoms. The number of esters is 1. The molecule has 7 atom stereocenters. The SMILES string of the molecule is CCCC1CC(C)C2C3CC(C(=O)OC45CC6CC(CC(C6)C4)C5)C(C3)C12. The first-order valence-electron chi connectivity index (χ1n) is 12.3. The number of carbonyl (C=O) groups is 1. The molecule has 0 aromatic rings. The van der Waals surface area contributed by atoms with E-state index < -0.39 is 0 Å². The normalized spacial score (nSPS) is 57.3. The summed E-state index contributed by atoms with van der Waals surface area (Å²) in [5.41, 5.74) is -0.0428. The zero-order valence-electron chi connectivity index (χ0n) is 17.4. The minimum Gasteiger partial charge on any atom is -0.459 e. The molecular formula is C25H38O2. The lowest BCUT2D eigenvalue weighted by Gasteiger charge is -2.56. The van der Waals surface area contributed by atoms with E-state index in [4.69, 9.17) is 4.74 Å². The first-order valence-corrected chi connectivity index (χ1v) is 12.3. The van der Waals surface area contributed by atoms with Gasteiger partial charge >= 0.3 is 5.97 Å². The fourth-order valence-electron chi connectivity index (χ4n) is 10.1. The molecule has 2 nitrogen and oxygen atoms in total. The Hall–Kier alpha value is -0.530. The fraction of sp³-hybridized carbons (Fsp3) is 0.960. The van der Waals surface area contributed by atoms with Crippen LogP contribution in [0.3, 0.4) is 0 Å². The summed E-state index contributed by atoms with van der Waals surface area (Å²) in [6.45, 7) is 4.83. The number of hydrogen-bond acceptors (Lipinski definition) is 2. The highest BCUT2D eigenvalue weighted by Crippen LogP contribution is 2.66. The summed E-state index contributed by atoms with van der Waals surface area (Å²) in [6, 6.07) is 0. The molecule has 0 amide bonds. The maximum atomic E-state index is 13.4. The van der Waals surface area contributed by atoms with Crippen LogP contribution >= 0.6 is 0 Å². The van der Waals surface area contributed by atoms with Crippen molar-refractivity contribution in [3.63, 3.8) is 0 Å². The molecule has 150 valence electrons. The lowest BCUT2D eigenvalue weighted by atomic mass is 9.54. The average molecular weight is 371 g/mol. The van der Waals surface area contributed by atoms with E-state index in [0.29, 0.717) is 5.92 Å². The molecule has 0 saturated heterocycles. The second-order valence-corrected chi connectivity index (χ2v) is 11.9. The number of fused-ring (bicyclic) bond motifs is 5. The third kappa shape index (κ3) is 2.53. The smallest absolute Gasteiger partial charge is 0.309 e. The van der Waals surface area contributed by atoms with Crippen LogP contribution in [0.25, 0.3) is 0 Å². The molecule has 0 spiro atoms. The molecule has 7 unspecified atom stereocenters. The molecule has 0 radical (unpaired) electrons. The van der Waals surface area contributed by atoms with Crippen molar-refractivity contribution < 1.29 is 9.53 Å². The summed E-state index contributed by atoms with van der Waals surface area (Å²) >= 11 is 0. The number of ether oxygens (including phenoxy) is 1. The van der Waals surface area contributed by atoms with Crippen LogP contribution in [-0.4, -0.2) is 11.6 Å². The van der Waals surface area contributed by atoms with Crippen LogP contribution in [0.5, 0.6) is 0 Å². The summed E-state index contributed by atoms with van der Waals surface area (Å²) < 4.78 is 6.52. The van der Waals surface area contributed by atoms with Crippen LogP contribution in [0.2, 0.25) is 0 Å².